The van der Waals surface area contributed by atoms with Crippen molar-refractivity contribution >= 4 is 17.9 Å². The second kappa shape index (κ2) is 7.18. The number of pyridine rings is 1. The highest BCUT2D eigenvalue weighted by molar-refractivity contribution is 6.07. The number of urea groups is 1. The van der Waals surface area contributed by atoms with Crippen molar-refractivity contribution in [3.8, 4) is 0 Å². The summed E-state index contributed by atoms with van der Waals surface area (Å²) >= 11 is 0. The number of amides is 3. The van der Waals surface area contributed by atoms with Gasteiger partial charge in [0, 0.05) is 23.5 Å². The maximum atomic E-state index is 11.7. The zero-order chi connectivity index (χ0) is 16.0. The van der Waals surface area contributed by atoms with E-state index in [2.05, 4.69) is 15.6 Å². The molecule has 0 bridgehead atoms. The Morgan fingerprint density at radius 1 is 1.14 bits per heavy atom. The summed E-state index contributed by atoms with van der Waals surface area (Å²) in [5.74, 6) is -1.94. The fraction of sp³-hybridized carbons (Fsp3) is 0.286. The van der Waals surface area contributed by atoms with Gasteiger partial charge in [0.05, 0.1) is 6.04 Å². The standard InChI is InChI=1S/C14H17N3O4/c1-8(9(2)13(19)20)12(18)17-14(21)16-10(3)11-4-6-15-7-5-11/h4-7,10H,1-3H3,(H,19,20)(H2,16,17,18,21). The highest BCUT2D eigenvalue weighted by Crippen LogP contribution is 2.10. The number of carbonyl (C=O) groups is 3. The van der Waals surface area contributed by atoms with Crippen molar-refractivity contribution in [2.24, 2.45) is 0 Å². The molecular weight excluding hydrogens is 274 g/mol. The second-order valence-electron chi connectivity index (χ2n) is 4.48. The molecule has 0 aliphatic heterocycles. The Hall–Kier alpha value is -2.70. The van der Waals surface area contributed by atoms with Gasteiger partial charge in [-0.3, -0.25) is 15.1 Å². The molecule has 1 heterocycles. The molecular formula is C14H17N3O4. The smallest absolute Gasteiger partial charge is 0.331 e. The molecule has 0 fully saturated rings. The van der Waals surface area contributed by atoms with Gasteiger partial charge in [0.25, 0.3) is 5.91 Å². The first-order chi connectivity index (χ1) is 9.82. The summed E-state index contributed by atoms with van der Waals surface area (Å²) in [6, 6.07) is 2.48. The molecule has 3 N–H and O–H groups in total. The number of carbonyl (C=O) groups excluding carboxylic acids is 2. The fourth-order valence-corrected chi connectivity index (χ4v) is 1.50. The van der Waals surface area contributed by atoms with Gasteiger partial charge in [-0.05, 0) is 38.5 Å². The molecule has 0 spiro atoms. The number of rotatable bonds is 4. The molecule has 7 nitrogen and oxygen atoms in total. The van der Waals surface area contributed by atoms with Crippen LogP contribution in [0.4, 0.5) is 4.79 Å². The van der Waals surface area contributed by atoms with Crippen LogP contribution in [0.5, 0.6) is 0 Å². The number of nitrogens with zero attached hydrogens (tertiary/aromatic N) is 1. The third-order valence-corrected chi connectivity index (χ3v) is 3.00. The molecule has 0 saturated heterocycles. The molecule has 0 aliphatic rings. The van der Waals surface area contributed by atoms with E-state index < -0.39 is 17.9 Å². The first-order valence-corrected chi connectivity index (χ1v) is 6.25. The number of carboxylic acids is 1. The second-order valence-corrected chi connectivity index (χ2v) is 4.48. The molecule has 1 unspecified atom stereocenters. The largest absolute Gasteiger partial charge is 0.478 e. The van der Waals surface area contributed by atoms with E-state index >= 15 is 0 Å². The van der Waals surface area contributed by atoms with Gasteiger partial charge in [0.2, 0.25) is 0 Å². The van der Waals surface area contributed by atoms with Crippen LogP contribution in [0.25, 0.3) is 0 Å². The zero-order valence-electron chi connectivity index (χ0n) is 12.0. The van der Waals surface area contributed by atoms with E-state index in [1.165, 1.54) is 13.8 Å². The van der Waals surface area contributed by atoms with E-state index in [9.17, 15) is 14.4 Å². The van der Waals surface area contributed by atoms with Crippen molar-refractivity contribution in [2.45, 2.75) is 26.8 Å². The van der Waals surface area contributed by atoms with Crippen LogP contribution in [0, 0.1) is 0 Å². The molecule has 21 heavy (non-hydrogen) atoms. The highest BCUT2D eigenvalue weighted by Gasteiger charge is 2.16. The number of carboxylic acid groups (broad SMARTS) is 1. The number of hydrogen-bond donors (Lipinski definition) is 3. The first kappa shape index (κ1) is 16.4. The molecule has 3 amide bonds. The van der Waals surface area contributed by atoms with Crippen molar-refractivity contribution in [3.63, 3.8) is 0 Å². The molecule has 7 heteroatoms. The Morgan fingerprint density at radius 3 is 2.24 bits per heavy atom. The summed E-state index contributed by atoms with van der Waals surface area (Å²) in [4.78, 5) is 38.0. The predicted octanol–water partition coefficient (Wildman–Crippen LogP) is 1.39. The van der Waals surface area contributed by atoms with E-state index in [1.807, 2.05) is 0 Å². The van der Waals surface area contributed by atoms with Gasteiger partial charge in [-0.1, -0.05) is 0 Å². The van der Waals surface area contributed by atoms with Crippen LogP contribution in [0.2, 0.25) is 0 Å². The number of hydrogen-bond acceptors (Lipinski definition) is 4. The van der Waals surface area contributed by atoms with Gasteiger partial charge in [-0.2, -0.15) is 0 Å². The lowest BCUT2D eigenvalue weighted by Crippen LogP contribution is -2.41. The summed E-state index contributed by atoms with van der Waals surface area (Å²) < 4.78 is 0. The maximum absolute atomic E-state index is 11.7. The van der Waals surface area contributed by atoms with Gasteiger partial charge < -0.3 is 10.4 Å². The number of aromatic nitrogens is 1. The van der Waals surface area contributed by atoms with Crippen molar-refractivity contribution in [1.82, 2.24) is 15.6 Å². The monoisotopic (exact) mass is 291 g/mol. The number of imide groups is 1. The van der Waals surface area contributed by atoms with Gasteiger partial charge in [0.1, 0.15) is 0 Å². The summed E-state index contributed by atoms with van der Waals surface area (Å²) in [5.41, 5.74) is 0.707. The Kier molecular flexibility index (Phi) is 5.59. The van der Waals surface area contributed by atoms with Gasteiger partial charge in [0.15, 0.2) is 0 Å². The van der Waals surface area contributed by atoms with E-state index in [1.54, 1.807) is 31.5 Å². The Labute approximate surface area is 122 Å². The van der Waals surface area contributed by atoms with Crippen LogP contribution < -0.4 is 10.6 Å². The van der Waals surface area contributed by atoms with Crippen molar-refractivity contribution in [3.05, 3.63) is 41.2 Å². The van der Waals surface area contributed by atoms with Gasteiger partial charge in [-0.15, -0.1) is 0 Å². The highest BCUT2D eigenvalue weighted by atomic mass is 16.4. The van der Waals surface area contributed by atoms with Crippen LogP contribution in [0.3, 0.4) is 0 Å². The maximum Gasteiger partial charge on any atom is 0.331 e. The van der Waals surface area contributed by atoms with Gasteiger partial charge in [-0.25, -0.2) is 9.59 Å². The van der Waals surface area contributed by atoms with E-state index in [4.69, 9.17) is 5.11 Å². The summed E-state index contributed by atoms with van der Waals surface area (Å²) in [7, 11) is 0. The molecule has 1 atom stereocenters. The molecule has 1 aromatic rings. The minimum Gasteiger partial charge on any atom is -0.478 e. The molecule has 0 radical (unpaired) electrons. The molecule has 1 aromatic heterocycles. The lowest BCUT2D eigenvalue weighted by molar-refractivity contribution is -0.133. The quantitative estimate of drug-likeness (QED) is 0.726. The van der Waals surface area contributed by atoms with Crippen LogP contribution in [0.1, 0.15) is 32.4 Å². The molecule has 1 rings (SSSR count). The molecule has 112 valence electrons. The first-order valence-electron chi connectivity index (χ1n) is 6.25. The average Bonchev–Trinajstić information content (AvgIpc) is 2.46. The zero-order valence-corrected chi connectivity index (χ0v) is 12.0. The van der Waals surface area contributed by atoms with Crippen LogP contribution >= 0.6 is 0 Å². The lowest BCUT2D eigenvalue weighted by Gasteiger charge is -2.14. The Morgan fingerprint density at radius 2 is 1.71 bits per heavy atom. The minimum absolute atomic E-state index is 0.0192. The number of aliphatic carboxylic acids is 1. The van der Waals surface area contributed by atoms with Crippen molar-refractivity contribution in [2.75, 3.05) is 0 Å². The predicted molar refractivity (Wildman–Crippen MR) is 75.3 cm³/mol. The topological polar surface area (TPSA) is 108 Å². The van der Waals surface area contributed by atoms with Crippen LogP contribution in [-0.4, -0.2) is 28.0 Å². The fourth-order valence-electron chi connectivity index (χ4n) is 1.50. The van der Waals surface area contributed by atoms with E-state index in [0.717, 1.165) is 5.56 Å². The van der Waals surface area contributed by atoms with E-state index in [-0.39, 0.29) is 17.2 Å². The molecule has 0 aliphatic carbocycles. The average molecular weight is 291 g/mol. The Balaban J connectivity index is 2.64. The normalized spacial score (nSPS) is 12.9. The third kappa shape index (κ3) is 4.72. The summed E-state index contributed by atoms with van der Waals surface area (Å²) in [5, 5.41) is 13.5. The van der Waals surface area contributed by atoms with Gasteiger partial charge >= 0.3 is 12.0 Å². The minimum atomic E-state index is -1.20. The third-order valence-electron chi connectivity index (χ3n) is 3.00. The lowest BCUT2D eigenvalue weighted by atomic mass is 10.1. The van der Waals surface area contributed by atoms with Crippen LogP contribution in [0.15, 0.2) is 35.7 Å². The Bertz CT molecular complexity index is 581. The summed E-state index contributed by atoms with van der Waals surface area (Å²) in [6.07, 6.45) is 3.19. The summed E-state index contributed by atoms with van der Waals surface area (Å²) in [6.45, 7) is 4.40. The van der Waals surface area contributed by atoms with Crippen molar-refractivity contribution in [1.29, 1.82) is 0 Å². The van der Waals surface area contributed by atoms with E-state index in [0.29, 0.717) is 0 Å². The molecule has 0 aromatic carbocycles. The van der Waals surface area contributed by atoms with Crippen molar-refractivity contribution < 1.29 is 19.5 Å². The van der Waals surface area contributed by atoms with Crippen LogP contribution in [-0.2, 0) is 9.59 Å². The molecule has 0 saturated carbocycles. The number of nitrogens with one attached hydrogen (secondary N) is 2. The SMILES string of the molecule is CC(C(=O)O)=C(C)C(=O)NC(=O)NC(C)c1ccncc1.